The molecule has 3 heterocycles. The van der Waals surface area contributed by atoms with E-state index in [1.165, 1.54) is 27.8 Å². The molecule has 2 aromatic heterocycles. The van der Waals surface area contributed by atoms with Gasteiger partial charge in [0.25, 0.3) is 0 Å². The highest BCUT2D eigenvalue weighted by molar-refractivity contribution is 8.01. The maximum Gasteiger partial charge on any atom is 0.324 e. The maximum absolute atomic E-state index is 11.2. The van der Waals surface area contributed by atoms with Crippen molar-refractivity contribution < 1.29 is 9.66 Å². The van der Waals surface area contributed by atoms with Gasteiger partial charge in [-0.25, -0.2) is 0 Å². The standard InChI is InChI=1S/C11H14N6O3S2/c1-7-8(17(18)19)9(15(2)14-7)21-11-13-12-10(22-11)16-3-5-20-6-4-16/h3-6H2,1-2H3. The topological polar surface area (TPSA) is 99.2 Å². The predicted octanol–water partition coefficient (Wildman–Crippen LogP) is 1.48. The Hall–Kier alpha value is -1.72. The van der Waals surface area contributed by atoms with E-state index < -0.39 is 4.92 Å². The number of ether oxygens (including phenoxy) is 1. The number of nitro groups is 1. The molecule has 118 valence electrons. The average Bonchev–Trinajstić information content (AvgIpc) is 3.05. The maximum atomic E-state index is 11.2. The van der Waals surface area contributed by atoms with Crippen LogP contribution in [0.4, 0.5) is 10.8 Å². The second-order valence-electron chi connectivity index (χ2n) is 4.67. The van der Waals surface area contributed by atoms with Crippen LogP contribution in [0.3, 0.4) is 0 Å². The molecular formula is C11H14N6O3S2. The molecule has 22 heavy (non-hydrogen) atoms. The average molecular weight is 342 g/mol. The smallest absolute Gasteiger partial charge is 0.324 e. The van der Waals surface area contributed by atoms with Gasteiger partial charge in [-0.05, 0) is 18.7 Å². The van der Waals surface area contributed by atoms with Gasteiger partial charge in [0.05, 0.1) is 18.1 Å². The SMILES string of the molecule is Cc1nn(C)c(Sc2nnc(N3CCOCC3)s2)c1[N+](=O)[O-]. The first kappa shape index (κ1) is 15.2. The molecule has 1 fully saturated rings. The summed E-state index contributed by atoms with van der Waals surface area (Å²) in [4.78, 5) is 12.9. The fourth-order valence-corrected chi connectivity index (χ4v) is 4.16. The molecule has 0 N–H and O–H groups in total. The lowest BCUT2D eigenvalue weighted by atomic mass is 10.4. The van der Waals surface area contributed by atoms with E-state index in [4.69, 9.17) is 4.74 Å². The fraction of sp³-hybridized carbons (Fsp3) is 0.545. The zero-order valence-electron chi connectivity index (χ0n) is 12.1. The molecule has 0 amide bonds. The van der Waals surface area contributed by atoms with Crippen LogP contribution >= 0.6 is 23.1 Å². The van der Waals surface area contributed by atoms with E-state index in [9.17, 15) is 10.1 Å². The van der Waals surface area contributed by atoms with Crippen molar-refractivity contribution in [3.8, 4) is 0 Å². The van der Waals surface area contributed by atoms with Crippen molar-refractivity contribution in [2.24, 2.45) is 7.05 Å². The fourth-order valence-electron chi connectivity index (χ4n) is 2.16. The summed E-state index contributed by atoms with van der Waals surface area (Å²) in [5.41, 5.74) is 0.420. The van der Waals surface area contributed by atoms with Gasteiger partial charge in [-0.1, -0.05) is 11.3 Å². The Morgan fingerprint density at radius 3 is 2.77 bits per heavy atom. The van der Waals surface area contributed by atoms with E-state index in [2.05, 4.69) is 20.2 Å². The minimum Gasteiger partial charge on any atom is -0.378 e. The van der Waals surface area contributed by atoms with Crippen molar-refractivity contribution in [3.63, 3.8) is 0 Å². The van der Waals surface area contributed by atoms with E-state index >= 15 is 0 Å². The van der Waals surface area contributed by atoms with Gasteiger partial charge < -0.3 is 9.64 Å². The van der Waals surface area contributed by atoms with Gasteiger partial charge >= 0.3 is 5.69 Å². The van der Waals surface area contributed by atoms with E-state index in [-0.39, 0.29) is 5.69 Å². The van der Waals surface area contributed by atoms with Gasteiger partial charge in [-0.3, -0.25) is 14.8 Å². The Balaban J connectivity index is 1.82. The van der Waals surface area contributed by atoms with Crippen LogP contribution in [-0.4, -0.2) is 51.2 Å². The van der Waals surface area contributed by atoms with Crippen molar-refractivity contribution in [2.75, 3.05) is 31.2 Å². The Morgan fingerprint density at radius 1 is 1.36 bits per heavy atom. The van der Waals surface area contributed by atoms with Crippen molar-refractivity contribution >= 4 is 33.9 Å². The number of anilines is 1. The third-order valence-corrected chi connectivity index (χ3v) is 5.37. The van der Waals surface area contributed by atoms with Crippen molar-refractivity contribution in [1.82, 2.24) is 20.0 Å². The largest absolute Gasteiger partial charge is 0.378 e. The van der Waals surface area contributed by atoms with E-state index in [1.54, 1.807) is 14.0 Å². The summed E-state index contributed by atoms with van der Waals surface area (Å²) in [5, 5.41) is 24.9. The number of aryl methyl sites for hydroxylation is 2. The summed E-state index contributed by atoms with van der Waals surface area (Å²) in [5.74, 6) is 0. The first-order chi connectivity index (χ1) is 10.6. The van der Waals surface area contributed by atoms with Crippen molar-refractivity contribution in [3.05, 3.63) is 15.8 Å². The number of hydrogen-bond acceptors (Lipinski definition) is 9. The Morgan fingerprint density at radius 2 is 2.09 bits per heavy atom. The zero-order valence-corrected chi connectivity index (χ0v) is 13.7. The lowest BCUT2D eigenvalue weighted by molar-refractivity contribution is -0.388. The summed E-state index contributed by atoms with van der Waals surface area (Å²) >= 11 is 2.64. The van der Waals surface area contributed by atoms with Crippen LogP contribution in [-0.2, 0) is 11.8 Å². The molecule has 0 spiro atoms. The second-order valence-corrected chi connectivity index (χ2v) is 6.86. The third-order valence-electron chi connectivity index (χ3n) is 3.18. The Kier molecular flexibility index (Phi) is 4.27. The van der Waals surface area contributed by atoms with Gasteiger partial charge in [-0.2, -0.15) is 5.10 Å². The molecule has 0 aromatic carbocycles. The highest BCUT2D eigenvalue weighted by Gasteiger charge is 2.26. The number of aromatic nitrogens is 4. The molecule has 0 aliphatic carbocycles. The molecule has 1 saturated heterocycles. The normalized spacial score (nSPS) is 15.3. The lowest BCUT2D eigenvalue weighted by Gasteiger charge is -2.25. The quantitative estimate of drug-likeness (QED) is 0.608. The van der Waals surface area contributed by atoms with Crippen LogP contribution in [0.5, 0.6) is 0 Å². The highest BCUT2D eigenvalue weighted by atomic mass is 32.2. The minimum atomic E-state index is -0.408. The molecule has 2 aromatic rings. The van der Waals surface area contributed by atoms with Crippen LogP contribution in [0, 0.1) is 17.0 Å². The highest BCUT2D eigenvalue weighted by Crippen LogP contribution is 2.39. The monoisotopic (exact) mass is 342 g/mol. The number of rotatable bonds is 4. The molecule has 3 rings (SSSR count). The summed E-state index contributed by atoms with van der Waals surface area (Å²) in [6.07, 6.45) is 0. The van der Waals surface area contributed by atoms with Crippen LogP contribution in [0.1, 0.15) is 5.69 Å². The number of hydrogen-bond donors (Lipinski definition) is 0. The van der Waals surface area contributed by atoms with Crippen molar-refractivity contribution in [1.29, 1.82) is 0 Å². The van der Waals surface area contributed by atoms with Crippen LogP contribution in [0.15, 0.2) is 9.37 Å². The van der Waals surface area contributed by atoms with Gasteiger partial charge in [0, 0.05) is 20.1 Å². The number of morpholine rings is 1. The van der Waals surface area contributed by atoms with Gasteiger partial charge in [0.1, 0.15) is 5.69 Å². The van der Waals surface area contributed by atoms with Gasteiger partial charge in [0.2, 0.25) is 5.13 Å². The van der Waals surface area contributed by atoms with Crippen LogP contribution in [0.2, 0.25) is 0 Å². The molecular weight excluding hydrogens is 328 g/mol. The molecule has 0 unspecified atom stereocenters. The molecule has 0 saturated carbocycles. The molecule has 1 aliphatic heterocycles. The summed E-state index contributed by atoms with van der Waals surface area (Å²) < 4.78 is 7.47. The summed E-state index contributed by atoms with van der Waals surface area (Å²) in [7, 11) is 1.69. The first-order valence-corrected chi connectivity index (χ1v) is 8.21. The third kappa shape index (κ3) is 2.91. The Bertz CT molecular complexity index is 694. The van der Waals surface area contributed by atoms with Crippen molar-refractivity contribution in [2.45, 2.75) is 16.3 Å². The summed E-state index contributed by atoms with van der Waals surface area (Å²) in [6, 6.07) is 0. The van der Waals surface area contributed by atoms with E-state index in [1.807, 2.05) is 0 Å². The molecule has 11 heteroatoms. The predicted molar refractivity (Wildman–Crippen MR) is 81.7 cm³/mol. The van der Waals surface area contributed by atoms with Gasteiger partial charge in [-0.15, -0.1) is 10.2 Å². The first-order valence-electron chi connectivity index (χ1n) is 6.58. The van der Waals surface area contributed by atoms with Crippen LogP contribution < -0.4 is 4.90 Å². The number of nitrogens with zero attached hydrogens (tertiary/aromatic N) is 6. The van der Waals surface area contributed by atoms with E-state index in [0.717, 1.165) is 18.2 Å². The molecule has 0 radical (unpaired) electrons. The second kappa shape index (κ2) is 6.18. The lowest BCUT2D eigenvalue weighted by Crippen LogP contribution is -2.36. The molecule has 0 atom stereocenters. The molecule has 1 aliphatic rings. The van der Waals surface area contributed by atoms with E-state index in [0.29, 0.717) is 28.3 Å². The summed E-state index contributed by atoms with van der Waals surface area (Å²) in [6.45, 7) is 4.54. The zero-order chi connectivity index (χ0) is 15.7. The van der Waals surface area contributed by atoms with Crippen LogP contribution in [0.25, 0.3) is 0 Å². The Labute approximate surface area is 134 Å². The van der Waals surface area contributed by atoms with Gasteiger partial charge in [0.15, 0.2) is 9.37 Å². The molecule has 0 bridgehead atoms. The minimum absolute atomic E-state index is 0.0237. The molecule has 9 nitrogen and oxygen atoms in total.